The number of carbonyl (C=O) groups is 1. The quantitative estimate of drug-likeness (QED) is 0.832. The minimum Gasteiger partial charge on any atom is -0.354 e. The number of allylic oxidation sites excluding steroid dienone is 2. The Kier molecular flexibility index (Phi) is 5.56. The molecular formula is C19H28N4O2. The maximum atomic E-state index is 12.3. The molecule has 1 aliphatic heterocycles. The van der Waals surface area contributed by atoms with Crippen molar-refractivity contribution < 1.29 is 4.79 Å². The van der Waals surface area contributed by atoms with Gasteiger partial charge < -0.3 is 10.2 Å². The van der Waals surface area contributed by atoms with Crippen molar-refractivity contribution in [2.45, 2.75) is 58.0 Å². The molecule has 1 amide bonds. The van der Waals surface area contributed by atoms with Crippen LogP contribution in [0.2, 0.25) is 0 Å². The van der Waals surface area contributed by atoms with Gasteiger partial charge in [0.05, 0.1) is 6.04 Å². The largest absolute Gasteiger partial charge is 0.354 e. The molecule has 1 N–H and O–H groups in total. The second-order valence-corrected chi connectivity index (χ2v) is 7.30. The van der Waals surface area contributed by atoms with Gasteiger partial charge in [-0.3, -0.25) is 9.59 Å². The molecule has 2 aliphatic rings. The highest BCUT2D eigenvalue weighted by Crippen LogP contribution is 2.23. The topological polar surface area (TPSA) is 67.2 Å². The van der Waals surface area contributed by atoms with E-state index in [1.807, 2.05) is 19.9 Å². The molecule has 1 aromatic heterocycles. The third kappa shape index (κ3) is 4.11. The monoisotopic (exact) mass is 344 g/mol. The van der Waals surface area contributed by atoms with Gasteiger partial charge in [0.25, 0.3) is 5.56 Å². The Bertz CT molecular complexity index is 687. The zero-order valence-corrected chi connectivity index (χ0v) is 15.1. The van der Waals surface area contributed by atoms with Crippen molar-refractivity contribution in [1.29, 1.82) is 0 Å². The number of anilines is 1. The number of piperidine rings is 1. The summed E-state index contributed by atoms with van der Waals surface area (Å²) in [6.45, 7) is 5.47. The fourth-order valence-corrected chi connectivity index (χ4v) is 3.65. The Morgan fingerprint density at radius 2 is 2.04 bits per heavy atom. The number of carbonyl (C=O) groups excluding carboxylic acids is 1. The van der Waals surface area contributed by atoms with Crippen LogP contribution in [-0.2, 0) is 4.79 Å². The normalized spacial score (nSPS) is 21.1. The summed E-state index contributed by atoms with van der Waals surface area (Å²) in [5, 5.41) is 7.68. The Balaban J connectivity index is 1.69. The third-order valence-corrected chi connectivity index (χ3v) is 5.11. The van der Waals surface area contributed by atoms with E-state index in [9.17, 15) is 9.59 Å². The average molecular weight is 344 g/mol. The van der Waals surface area contributed by atoms with E-state index in [0.717, 1.165) is 44.5 Å². The molecule has 3 rings (SSSR count). The summed E-state index contributed by atoms with van der Waals surface area (Å²) in [4.78, 5) is 26.5. The van der Waals surface area contributed by atoms with Crippen LogP contribution in [0.25, 0.3) is 0 Å². The van der Waals surface area contributed by atoms with Gasteiger partial charge in [-0.25, -0.2) is 4.68 Å². The summed E-state index contributed by atoms with van der Waals surface area (Å²) < 4.78 is 1.53. The first-order chi connectivity index (χ1) is 12.1. The molecule has 1 unspecified atom stereocenters. The van der Waals surface area contributed by atoms with Crippen LogP contribution in [0.4, 0.5) is 5.82 Å². The standard InChI is InChI=1S/C19H28N4O2/c1-14(2)23-18(24)11-10-17(21-23)22-12-6-5-9-16(22)13-20-19(25)15-7-3-4-8-15/h3-4,10-11,14-16H,5-9,12-13H2,1-2H3,(H,20,25). The molecule has 1 fully saturated rings. The van der Waals surface area contributed by atoms with Crippen molar-refractivity contribution in [2.75, 3.05) is 18.0 Å². The van der Waals surface area contributed by atoms with Crippen molar-refractivity contribution in [3.63, 3.8) is 0 Å². The van der Waals surface area contributed by atoms with Crippen molar-refractivity contribution in [3.8, 4) is 0 Å². The molecule has 2 heterocycles. The van der Waals surface area contributed by atoms with E-state index in [0.29, 0.717) is 6.54 Å². The van der Waals surface area contributed by atoms with Crippen LogP contribution in [0.15, 0.2) is 29.1 Å². The minimum atomic E-state index is -0.0747. The smallest absolute Gasteiger partial charge is 0.267 e. The van der Waals surface area contributed by atoms with Gasteiger partial charge in [0, 0.05) is 31.1 Å². The predicted octanol–water partition coefficient (Wildman–Crippen LogP) is 2.27. The van der Waals surface area contributed by atoms with Gasteiger partial charge in [0.1, 0.15) is 5.82 Å². The zero-order valence-electron chi connectivity index (χ0n) is 15.1. The molecule has 0 spiro atoms. The lowest BCUT2D eigenvalue weighted by molar-refractivity contribution is -0.124. The highest BCUT2D eigenvalue weighted by Gasteiger charge is 2.26. The van der Waals surface area contributed by atoms with Gasteiger partial charge in [-0.15, -0.1) is 0 Å². The predicted molar refractivity (Wildman–Crippen MR) is 98.7 cm³/mol. The summed E-state index contributed by atoms with van der Waals surface area (Å²) in [6, 6.07) is 3.67. The van der Waals surface area contributed by atoms with E-state index in [1.165, 1.54) is 4.68 Å². The molecule has 0 aromatic carbocycles. The van der Waals surface area contributed by atoms with Crippen molar-refractivity contribution >= 4 is 11.7 Å². The van der Waals surface area contributed by atoms with Crippen LogP contribution >= 0.6 is 0 Å². The first-order valence-corrected chi connectivity index (χ1v) is 9.35. The Labute approximate surface area is 148 Å². The maximum absolute atomic E-state index is 12.3. The number of amides is 1. The fourth-order valence-electron chi connectivity index (χ4n) is 3.65. The molecule has 6 nitrogen and oxygen atoms in total. The average Bonchev–Trinajstić information content (AvgIpc) is 3.15. The van der Waals surface area contributed by atoms with E-state index < -0.39 is 0 Å². The molecule has 1 aliphatic carbocycles. The molecule has 1 saturated heterocycles. The SMILES string of the molecule is CC(C)n1nc(N2CCCCC2CNC(=O)C2CC=CC2)ccc1=O. The Hall–Kier alpha value is -2.11. The molecule has 1 atom stereocenters. The molecule has 0 bridgehead atoms. The lowest BCUT2D eigenvalue weighted by Gasteiger charge is -2.37. The second kappa shape index (κ2) is 7.85. The molecule has 136 valence electrons. The van der Waals surface area contributed by atoms with Gasteiger partial charge in [-0.1, -0.05) is 12.2 Å². The summed E-state index contributed by atoms with van der Waals surface area (Å²) in [7, 11) is 0. The molecule has 0 radical (unpaired) electrons. The maximum Gasteiger partial charge on any atom is 0.267 e. The number of nitrogens with zero attached hydrogens (tertiary/aromatic N) is 3. The number of nitrogens with one attached hydrogen (secondary N) is 1. The van der Waals surface area contributed by atoms with Crippen LogP contribution in [0.5, 0.6) is 0 Å². The molecular weight excluding hydrogens is 316 g/mol. The molecule has 1 aromatic rings. The van der Waals surface area contributed by atoms with Gasteiger partial charge in [0.2, 0.25) is 5.91 Å². The summed E-state index contributed by atoms with van der Waals surface area (Å²) in [5.74, 6) is 1.07. The van der Waals surface area contributed by atoms with Crippen LogP contribution < -0.4 is 15.8 Å². The van der Waals surface area contributed by atoms with Gasteiger partial charge in [-0.05, 0) is 52.0 Å². The fraction of sp³-hybridized carbons (Fsp3) is 0.632. The van der Waals surface area contributed by atoms with Crippen molar-refractivity contribution in [1.82, 2.24) is 15.1 Å². The van der Waals surface area contributed by atoms with E-state index >= 15 is 0 Å². The van der Waals surface area contributed by atoms with Crippen LogP contribution in [-0.4, -0.2) is 34.8 Å². The summed E-state index contributed by atoms with van der Waals surface area (Å²) >= 11 is 0. The van der Waals surface area contributed by atoms with E-state index in [1.54, 1.807) is 6.07 Å². The lowest BCUT2D eigenvalue weighted by Crippen LogP contribution is -2.48. The summed E-state index contributed by atoms with van der Waals surface area (Å²) in [6.07, 6.45) is 9.16. The van der Waals surface area contributed by atoms with Gasteiger partial charge >= 0.3 is 0 Å². The van der Waals surface area contributed by atoms with E-state index in [4.69, 9.17) is 0 Å². The highest BCUT2D eigenvalue weighted by molar-refractivity contribution is 5.79. The van der Waals surface area contributed by atoms with Crippen LogP contribution in [0, 0.1) is 5.92 Å². The second-order valence-electron chi connectivity index (χ2n) is 7.30. The van der Waals surface area contributed by atoms with Crippen LogP contribution in [0.1, 0.15) is 52.0 Å². The third-order valence-electron chi connectivity index (χ3n) is 5.11. The zero-order chi connectivity index (χ0) is 17.8. The number of hydrogen-bond donors (Lipinski definition) is 1. The summed E-state index contributed by atoms with van der Waals surface area (Å²) in [5.41, 5.74) is -0.0747. The first kappa shape index (κ1) is 17.7. The van der Waals surface area contributed by atoms with Gasteiger partial charge in [-0.2, -0.15) is 5.10 Å². The Morgan fingerprint density at radius 3 is 2.76 bits per heavy atom. The van der Waals surface area contributed by atoms with Crippen LogP contribution in [0.3, 0.4) is 0 Å². The molecule has 0 saturated carbocycles. The van der Waals surface area contributed by atoms with Crippen molar-refractivity contribution in [2.24, 2.45) is 5.92 Å². The van der Waals surface area contributed by atoms with E-state index in [-0.39, 0.29) is 29.5 Å². The van der Waals surface area contributed by atoms with Crippen molar-refractivity contribution in [3.05, 3.63) is 34.6 Å². The number of aromatic nitrogens is 2. The highest BCUT2D eigenvalue weighted by atomic mass is 16.2. The number of hydrogen-bond acceptors (Lipinski definition) is 4. The van der Waals surface area contributed by atoms with Gasteiger partial charge in [0.15, 0.2) is 0 Å². The Morgan fingerprint density at radius 1 is 1.28 bits per heavy atom. The molecule has 6 heteroatoms. The first-order valence-electron chi connectivity index (χ1n) is 9.35. The lowest BCUT2D eigenvalue weighted by atomic mass is 10.0. The molecule has 25 heavy (non-hydrogen) atoms. The van der Waals surface area contributed by atoms with E-state index in [2.05, 4.69) is 27.5 Å². The number of rotatable bonds is 5. The minimum absolute atomic E-state index is 0.0326.